The van der Waals surface area contributed by atoms with E-state index in [-0.39, 0.29) is 12.5 Å². The Morgan fingerprint density at radius 2 is 1.90 bits per heavy atom. The number of esters is 1. The maximum Gasteiger partial charge on any atom is 0.321 e. The summed E-state index contributed by atoms with van der Waals surface area (Å²) in [4.78, 5) is 39.9. The van der Waals surface area contributed by atoms with E-state index in [0.717, 1.165) is 42.0 Å². The lowest BCUT2D eigenvalue weighted by atomic mass is 10.2. The van der Waals surface area contributed by atoms with Crippen molar-refractivity contribution in [3.05, 3.63) is 35.3 Å². The van der Waals surface area contributed by atoms with Crippen LogP contribution in [-0.4, -0.2) is 42.7 Å². The zero-order chi connectivity index (χ0) is 20.6. The number of methoxy groups -OCH3 is 1. The molecule has 0 radical (unpaired) electrons. The predicted molar refractivity (Wildman–Crippen MR) is 108 cm³/mol. The van der Waals surface area contributed by atoms with Crippen LogP contribution in [0.15, 0.2) is 29.6 Å². The number of carbonyl (C=O) groups is 3. The molecule has 1 saturated carbocycles. The summed E-state index contributed by atoms with van der Waals surface area (Å²) in [6.45, 7) is -0.508. The largest absolute Gasteiger partial charge is 0.497 e. The average Bonchev–Trinajstić information content (AvgIpc) is 3.38. The standard InChI is InChI=1S/C20H23N3O5S/c1-27-16-8-6-13(7-9-16)19-21-15(12-29-19)10-18(25)28-11-17(24)23-20(26)22-14-4-2-3-5-14/h6-9,12,14H,2-5,10-11H2,1H3,(H2,22,23,24,26). The molecule has 154 valence electrons. The first-order valence-electron chi connectivity index (χ1n) is 9.38. The van der Waals surface area contributed by atoms with Gasteiger partial charge in [0.2, 0.25) is 0 Å². The Morgan fingerprint density at radius 3 is 2.59 bits per heavy atom. The van der Waals surface area contributed by atoms with Gasteiger partial charge in [0.15, 0.2) is 6.61 Å². The number of carbonyl (C=O) groups excluding carboxylic acids is 3. The number of aromatic nitrogens is 1. The number of rotatable bonds is 7. The lowest BCUT2D eigenvalue weighted by molar-refractivity contribution is -0.147. The second-order valence-corrected chi connectivity index (χ2v) is 7.57. The highest BCUT2D eigenvalue weighted by Gasteiger charge is 2.19. The van der Waals surface area contributed by atoms with Gasteiger partial charge < -0.3 is 14.8 Å². The molecule has 0 bridgehead atoms. The van der Waals surface area contributed by atoms with Crippen molar-refractivity contribution in [1.82, 2.24) is 15.6 Å². The van der Waals surface area contributed by atoms with E-state index in [4.69, 9.17) is 9.47 Å². The second-order valence-electron chi connectivity index (χ2n) is 6.71. The van der Waals surface area contributed by atoms with E-state index >= 15 is 0 Å². The molecule has 3 rings (SSSR count). The van der Waals surface area contributed by atoms with E-state index in [1.807, 2.05) is 24.3 Å². The monoisotopic (exact) mass is 417 g/mol. The predicted octanol–water partition coefficient (Wildman–Crippen LogP) is 2.67. The summed E-state index contributed by atoms with van der Waals surface area (Å²) in [6, 6.07) is 7.01. The number of thiazole rings is 1. The number of hydrogen-bond acceptors (Lipinski definition) is 7. The summed E-state index contributed by atoms with van der Waals surface area (Å²) in [5.41, 5.74) is 1.48. The zero-order valence-corrected chi connectivity index (χ0v) is 16.9. The highest BCUT2D eigenvalue weighted by Crippen LogP contribution is 2.26. The van der Waals surface area contributed by atoms with E-state index in [1.54, 1.807) is 12.5 Å². The van der Waals surface area contributed by atoms with Crippen LogP contribution >= 0.6 is 11.3 Å². The topological polar surface area (TPSA) is 107 Å². The molecule has 0 aliphatic heterocycles. The van der Waals surface area contributed by atoms with Crippen LogP contribution in [0.4, 0.5) is 4.79 Å². The lowest BCUT2D eigenvalue weighted by Gasteiger charge is -2.12. The van der Waals surface area contributed by atoms with Crippen LogP contribution in [-0.2, 0) is 20.7 Å². The van der Waals surface area contributed by atoms with Crippen LogP contribution in [0.2, 0.25) is 0 Å². The van der Waals surface area contributed by atoms with Crippen molar-refractivity contribution in [3.8, 4) is 16.3 Å². The van der Waals surface area contributed by atoms with Crippen molar-refractivity contribution in [1.29, 1.82) is 0 Å². The molecule has 9 heteroatoms. The van der Waals surface area contributed by atoms with Crippen LogP contribution < -0.4 is 15.4 Å². The molecule has 1 fully saturated rings. The summed E-state index contributed by atoms with van der Waals surface area (Å²) in [5, 5.41) is 7.45. The van der Waals surface area contributed by atoms with Crippen molar-refractivity contribution >= 4 is 29.2 Å². The molecule has 1 heterocycles. The molecule has 2 N–H and O–H groups in total. The van der Waals surface area contributed by atoms with Gasteiger partial charge in [-0.15, -0.1) is 11.3 Å². The summed E-state index contributed by atoms with van der Waals surface area (Å²) in [6.07, 6.45) is 3.94. The van der Waals surface area contributed by atoms with Gasteiger partial charge in [0.05, 0.1) is 19.2 Å². The van der Waals surface area contributed by atoms with Gasteiger partial charge in [-0.1, -0.05) is 12.8 Å². The fourth-order valence-corrected chi connectivity index (χ4v) is 3.88. The Kier molecular flexibility index (Phi) is 7.18. The number of amides is 3. The first-order valence-corrected chi connectivity index (χ1v) is 10.3. The van der Waals surface area contributed by atoms with Crippen molar-refractivity contribution in [2.24, 2.45) is 0 Å². The van der Waals surface area contributed by atoms with E-state index < -0.39 is 24.5 Å². The summed E-state index contributed by atoms with van der Waals surface area (Å²) >= 11 is 1.41. The van der Waals surface area contributed by atoms with Crippen molar-refractivity contribution in [2.75, 3.05) is 13.7 Å². The number of imide groups is 1. The van der Waals surface area contributed by atoms with Crippen LogP contribution in [0, 0.1) is 0 Å². The minimum atomic E-state index is -0.661. The molecule has 1 aromatic heterocycles. The van der Waals surface area contributed by atoms with E-state index in [1.165, 1.54) is 11.3 Å². The molecular weight excluding hydrogens is 394 g/mol. The Hall–Kier alpha value is -2.94. The van der Waals surface area contributed by atoms with Gasteiger partial charge in [-0.2, -0.15) is 0 Å². The van der Waals surface area contributed by atoms with Crippen molar-refractivity contribution < 1.29 is 23.9 Å². The molecule has 8 nitrogen and oxygen atoms in total. The van der Waals surface area contributed by atoms with Gasteiger partial charge in [0.25, 0.3) is 5.91 Å². The van der Waals surface area contributed by atoms with Crippen molar-refractivity contribution in [2.45, 2.75) is 38.1 Å². The van der Waals surface area contributed by atoms with Gasteiger partial charge >= 0.3 is 12.0 Å². The summed E-state index contributed by atoms with van der Waals surface area (Å²) in [7, 11) is 1.60. The molecule has 1 aliphatic rings. The first kappa shape index (κ1) is 20.8. The Balaban J connectivity index is 1.41. The third-order valence-corrected chi connectivity index (χ3v) is 5.46. The molecule has 0 unspecified atom stereocenters. The Morgan fingerprint density at radius 1 is 1.17 bits per heavy atom. The van der Waals surface area contributed by atoms with Crippen LogP contribution in [0.25, 0.3) is 10.6 Å². The second kappa shape index (κ2) is 10.0. The number of ether oxygens (including phenoxy) is 2. The highest BCUT2D eigenvalue weighted by molar-refractivity contribution is 7.13. The van der Waals surface area contributed by atoms with Crippen LogP contribution in [0.3, 0.4) is 0 Å². The number of nitrogens with zero attached hydrogens (tertiary/aromatic N) is 1. The summed E-state index contributed by atoms with van der Waals surface area (Å²) in [5.74, 6) is -0.488. The highest BCUT2D eigenvalue weighted by atomic mass is 32.1. The van der Waals surface area contributed by atoms with E-state index in [2.05, 4.69) is 15.6 Å². The minimum Gasteiger partial charge on any atom is -0.497 e. The van der Waals surface area contributed by atoms with Crippen LogP contribution in [0.1, 0.15) is 31.4 Å². The Bertz CT molecular complexity index is 859. The zero-order valence-electron chi connectivity index (χ0n) is 16.1. The van der Waals surface area contributed by atoms with Gasteiger partial charge in [-0.25, -0.2) is 9.78 Å². The van der Waals surface area contributed by atoms with Crippen LogP contribution in [0.5, 0.6) is 5.75 Å². The SMILES string of the molecule is COc1ccc(-c2nc(CC(=O)OCC(=O)NC(=O)NC3CCCC3)cs2)cc1. The van der Waals surface area contributed by atoms with E-state index in [9.17, 15) is 14.4 Å². The molecule has 1 aliphatic carbocycles. The first-order chi connectivity index (χ1) is 14.0. The Labute approximate surface area is 172 Å². The minimum absolute atomic E-state index is 0.0474. The summed E-state index contributed by atoms with van der Waals surface area (Å²) < 4.78 is 10.1. The lowest BCUT2D eigenvalue weighted by Crippen LogP contribution is -2.45. The van der Waals surface area contributed by atoms with Gasteiger partial charge in [-0.05, 0) is 37.1 Å². The molecule has 29 heavy (non-hydrogen) atoms. The molecule has 1 aromatic carbocycles. The molecule has 2 aromatic rings. The fourth-order valence-electron chi connectivity index (χ4n) is 3.05. The van der Waals surface area contributed by atoms with Gasteiger partial charge in [0, 0.05) is 17.0 Å². The van der Waals surface area contributed by atoms with Crippen molar-refractivity contribution in [3.63, 3.8) is 0 Å². The molecule has 0 atom stereocenters. The number of hydrogen-bond donors (Lipinski definition) is 2. The smallest absolute Gasteiger partial charge is 0.321 e. The van der Waals surface area contributed by atoms with E-state index in [0.29, 0.717) is 5.69 Å². The quantitative estimate of drug-likeness (QED) is 0.671. The number of benzene rings is 1. The average molecular weight is 417 g/mol. The maximum atomic E-state index is 12.0. The maximum absolute atomic E-state index is 12.0. The molecular formula is C20H23N3O5S. The van der Waals surface area contributed by atoms with Gasteiger partial charge in [0.1, 0.15) is 10.8 Å². The number of urea groups is 1. The third kappa shape index (κ3) is 6.28. The fraction of sp³-hybridized carbons (Fsp3) is 0.400. The van der Waals surface area contributed by atoms with Gasteiger partial charge in [-0.3, -0.25) is 14.9 Å². The molecule has 0 saturated heterocycles. The molecule has 0 spiro atoms. The third-order valence-electron chi connectivity index (χ3n) is 4.52. The molecule has 3 amide bonds. The number of nitrogens with one attached hydrogen (secondary N) is 2. The normalized spacial score (nSPS) is 13.7.